The summed E-state index contributed by atoms with van der Waals surface area (Å²) in [7, 11) is 0. The molecule has 0 bridgehead atoms. The molecule has 0 saturated carbocycles. The van der Waals surface area contributed by atoms with E-state index < -0.39 is 29.8 Å². The number of esters is 5. The van der Waals surface area contributed by atoms with Crippen LogP contribution in [0.5, 0.6) is 17.2 Å². The van der Waals surface area contributed by atoms with Gasteiger partial charge in [-0.3, -0.25) is 4.79 Å². The van der Waals surface area contributed by atoms with E-state index >= 15 is 0 Å². The lowest BCUT2D eigenvalue weighted by atomic mass is 10.0. The van der Waals surface area contributed by atoms with E-state index in [1.54, 1.807) is 72.8 Å². The van der Waals surface area contributed by atoms with Crippen molar-refractivity contribution in [3.63, 3.8) is 0 Å². The average molecular weight is 807 g/mol. The quantitative estimate of drug-likeness (QED) is 0.0161. The molecule has 4 aromatic carbocycles. The summed E-state index contributed by atoms with van der Waals surface area (Å²) in [6.07, 6.45) is 5.33. The number of rotatable bonds is 25. The standard InChI is InChI=1S/C46H46O13/c1-3-42(48)55-28-7-5-26-53-38-20-14-34(15-21-38)41(47)32-33-10-12-35(13-11-33)44(50)57-30-9-31-58-45(51)36-18-24-40(25-19-36)59-46(52)37-16-22-39(23-17-37)54-27-6-8-29-56-43(49)4-2/h3-4,10-25H,1-2,5-9,26-32H2. The Balaban J connectivity index is 1.08. The molecule has 0 aliphatic heterocycles. The number of unbranched alkanes of at least 4 members (excludes halogenated alkanes) is 2. The third-order valence-electron chi connectivity index (χ3n) is 8.31. The fourth-order valence-corrected chi connectivity index (χ4v) is 5.10. The average Bonchev–Trinajstić information content (AvgIpc) is 3.26. The molecule has 0 spiro atoms. The van der Waals surface area contributed by atoms with Crippen LogP contribution in [0.2, 0.25) is 0 Å². The van der Waals surface area contributed by atoms with E-state index in [1.165, 1.54) is 24.3 Å². The highest BCUT2D eigenvalue weighted by molar-refractivity contribution is 5.98. The van der Waals surface area contributed by atoms with Gasteiger partial charge in [-0.05, 0) is 116 Å². The normalized spacial score (nSPS) is 10.4. The van der Waals surface area contributed by atoms with Gasteiger partial charge in [-0.1, -0.05) is 25.3 Å². The summed E-state index contributed by atoms with van der Waals surface area (Å²) in [5.74, 6) is -1.29. The lowest BCUT2D eigenvalue weighted by Gasteiger charge is -2.09. The first-order valence-electron chi connectivity index (χ1n) is 19.0. The zero-order chi connectivity index (χ0) is 42.2. The van der Waals surface area contributed by atoms with Crippen molar-refractivity contribution in [2.24, 2.45) is 0 Å². The monoisotopic (exact) mass is 806 g/mol. The Morgan fingerprint density at radius 3 is 1.24 bits per heavy atom. The van der Waals surface area contributed by atoms with Crippen molar-refractivity contribution in [3.05, 3.63) is 150 Å². The maximum atomic E-state index is 12.8. The van der Waals surface area contributed by atoms with Crippen LogP contribution < -0.4 is 14.2 Å². The second kappa shape index (κ2) is 24.6. The first kappa shape index (κ1) is 44.7. The summed E-state index contributed by atoms with van der Waals surface area (Å²) in [4.78, 5) is 72.5. The van der Waals surface area contributed by atoms with Crippen LogP contribution >= 0.6 is 0 Å². The Labute approximate surface area is 342 Å². The first-order valence-corrected chi connectivity index (χ1v) is 19.0. The van der Waals surface area contributed by atoms with Gasteiger partial charge in [-0.15, -0.1) is 0 Å². The number of hydrogen-bond donors (Lipinski definition) is 0. The molecule has 0 N–H and O–H groups in total. The van der Waals surface area contributed by atoms with Crippen molar-refractivity contribution >= 4 is 35.6 Å². The zero-order valence-electron chi connectivity index (χ0n) is 32.6. The molecule has 59 heavy (non-hydrogen) atoms. The Morgan fingerprint density at radius 2 is 0.780 bits per heavy atom. The van der Waals surface area contributed by atoms with Gasteiger partial charge in [0.05, 0.1) is 56.3 Å². The van der Waals surface area contributed by atoms with E-state index in [4.69, 9.17) is 33.2 Å². The molecule has 4 aromatic rings. The molecule has 308 valence electrons. The Morgan fingerprint density at radius 1 is 0.407 bits per heavy atom. The Bertz CT molecular complexity index is 1870. The van der Waals surface area contributed by atoms with Crippen LogP contribution in [0.4, 0.5) is 0 Å². The van der Waals surface area contributed by atoms with Crippen LogP contribution in [0.1, 0.15) is 79.1 Å². The zero-order valence-corrected chi connectivity index (χ0v) is 32.6. The van der Waals surface area contributed by atoms with Crippen molar-refractivity contribution in [1.29, 1.82) is 0 Å². The van der Waals surface area contributed by atoms with Crippen molar-refractivity contribution in [2.75, 3.05) is 39.6 Å². The number of carbonyl (C=O) groups is 6. The smallest absolute Gasteiger partial charge is 0.343 e. The first-order chi connectivity index (χ1) is 28.6. The van der Waals surface area contributed by atoms with Gasteiger partial charge in [0, 0.05) is 30.6 Å². The van der Waals surface area contributed by atoms with Gasteiger partial charge in [0.2, 0.25) is 0 Å². The van der Waals surface area contributed by atoms with Crippen molar-refractivity contribution in [3.8, 4) is 17.2 Å². The van der Waals surface area contributed by atoms with Gasteiger partial charge in [-0.2, -0.15) is 0 Å². The number of carbonyl (C=O) groups excluding carboxylic acids is 6. The van der Waals surface area contributed by atoms with Gasteiger partial charge in [0.1, 0.15) is 17.2 Å². The molecular formula is C46H46O13. The van der Waals surface area contributed by atoms with Crippen molar-refractivity contribution in [1.82, 2.24) is 0 Å². The van der Waals surface area contributed by atoms with E-state index in [2.05, 4.69) is 13.2 Å². The maximum absolute atomic E-state index is 12.8. The van der Waals surface area contributed by atoms with Crippen LogP contribution in [0, 0.1) is 0 Å². The van der Waals surface area contributed by atoms with Gasteiger partial charge in [-0.25, -0.2) is 24.0 Å². The van der Waals surface area contributed by atoms with Crippen LogP contribution in [0.15, 0.2) is 122 Å². The summed E-state index contributed by atoms with van der Waals surface area (Å²) in [6, 6.07) is 25.8. The van der Waals surface area contributed by atoms with E-state index in [1.807, 2.05) is 0 Å². The molecule has 0 saturated heterocycles. The van der Waals surface area contributed by atoms with Crippen LogP contribution in [-0.4, -0.2) is 75.3 Å². The summed E-state index contributed by atoms with van der Waals surface area (Å²) in [5.41, 5.74) is 2.14. The molecule has 0 radical (unpaired) electrons. The lowest BCUT2D eigenvalue weighted by Crippen LogP contribution is -2.12. The molecule has 0 amide bonds. The minimum Gasteiger partial charge on any atom is -0.494 e. The molecule has 0 heterocycles. The number of ketones is 1. The molecule has 0 atom stereocenters. The highest BCUT2D eigenvalue weighted by Gasteiger charge is 2.13. The third-order valence-corrected chi connectivity index (χ3v) is 8.31. The molecule has 13 nitrogen and oxygen atoms in total. The fraction of sp³-hybridized carbons (Fsp3) is 0.261. The van der Waals surface area contributed by atoms with E-state index in [0.717, 1.165) is 17.7 Å². The van der Waals surface area contributed by atoms with Crippen LogP contribution in [0.25, 0.3) is 0 Å². The molecule has 0 aliphatic carbocycles. The molecule has 0 aromatic heterocycles. The van der Waals surface area contributed by atoms with Gasteiger partial charge < -0.3 is 33.2 Å². The highest BCUT2D eigenvalue weighted by atomic mass is 16.6. The van der Waals surface area contributed by atoms with Gasteiger partial charge >= 0.3 is 29.8 Å². The number of benzene rings is 4. The van der Waals surface area contributed by atoms with Crippen LogP contribution in [-0.2, 0) is 35.0 Å². The molecular weight excluding hydrogens is 760 g/mol. The predicted octanol–water partition coefficient (Wildman–Crippen LogP) is 7.51. The van der Waals surface area contributed by atoms with E-state index in [9.17, 15) is 28.8 Å². The number of ether oxygens (including phenoxy) is 7. The van der Waals surface area contributed by atoms with E-state index in [-0.39, 0.29) is 49.8 Å². The largest absolute Gasteiger partial charge is 0.494 e. The summed E-state index contributed by atoms with van der Waals surface area (Å²) in [6.45, 7) is 8.16. The van der Waals surface area contributed by atoms with Gasteiger partial charge in [0.25, 0.3) is 0 Å². The molecule has 13 heteroatoms. The SMILES string of the molecule is C=CC(=O)OCCCCOc1ccc(C(=O)Cc2ccc(C(=O)OCCCOC(=O)c3ccc(OC(=O)c4ccc(OCCCCOC(=O)C=C)cc4)cc3)cc2)cc1. The highest BCUT2D eigenvalue weighted by Crippen LogP contribution is 2.19. The maximum Gasteiger partial charge on any atom is 0.343 e. The summed E-state index contributed by atoms with van der Waals surface area (Å²) < 4.78 is 37.2. The molecule has 0 unspecified atom stereocenters. The molecule has 0 aliphatic rings. The lowest BCUT2D eigenvalue weighted by molar-refractivity contribution is -0.138. The van der Waals surface area contributed by atoms with E-state index in [0.29, 0.717) is 73.7 Å². The second-order valence-corrected chi connectivity index (χ2v) is 12.7. The molecule has 4 rings (SSSR count). The number of Topliss-reactive ketones (excluding diaryl/α,β-unsaturated/α-hetero) is 1. The summed E-state index contributed by atoms with van der Waals surface area (Å²) >= 11 is 0. The second-order valence-electron chi connectivity index (χ2n) is 12.7. The third kappa shape index (κ3) is 16.2. The fourth-order valence-electron chi connectivity index (χ4n) is 5.10. The Hall–Kier alpha value is -7.02. The predicted molar refractivity (Wildman–Crippen MR) is 216 cm³/mol. The van der Waals surface area contributed by atoms with Crippen molar-refractivity contribution < 1.29 is 61.9 Å². The van der Waals surface area contributed by atoms with Crippen LogP contribution in [0.3, 0.4) is 0 Å². The number of hydrogen-bond acceptors (Lipinski definition) is 13. The molecule has 0 fully saturated rings. The minimum atomic E-state index is -0.589. The van der Waals surface area contributed by atoms with Crippen molar-refractivity contribution in [2.45, 2.75) is 38.5 Å². The minimum absolute atomic E-state index is 0.0108. The summed E-state index contributed by atoms with van der Waals surface area (Å²) in [5, 5.41) is 0. The topological polar surface area (TPSA) is 167 Å². The van der Waals surface area contributed by atoms with Gasteiger partial charge in [0.15, 0.2) is 5.78 Å². The Kier molecular flexibility index (Phi) is 18.6.